The highest BCUT2D eigenvalue weighted by molar-refractivity contribution is 7.15. The Balaban J connectivity index is 1.20. The minimum Gasteiger partial charge on any atom is -0.481 e. The van der Waals surface area contributed by atoms with Gasteiger partial charge in [-0.05, 0) is 67.3 Å². The molecule has 5 nitrogen and oxygen atoms in total. The molecule has 47 heavy (non-hydrogen) atoms. The summed E-state index contributed by atoms with van der Waals surface area (Å²) in [6, 6.07) is 18.1. The summed E-state index contributed by atoms with van der Waals surface area (Å²) in [5.74, 6) is -15.9. The van der Waals surface area contributed by atoms with Crippen molar-refractivity contribution in [1.82, 2.24) is 10.4 Å². The summed E-state index contributed by atoms with van der Waals surface area (Å²) in [5, 5.41) is 4.80. The Hall–Kier alpha value is -4.49. The Morgan fingerprint density at radius 2 is 1.51 bits per heavy atom. The van der Waals surface area contributed by atoms with Crippen LogP contribution in [-0.4, -0.2) is 41.5 Å². The fourth-order valence-electron chi connectivity index (χ4n) is 5.46. The van der Waals surface area contributed by atoms with Crippen LogP contribution in [0.3, 0.4) is 0 Å². The molecule has 0 aliphatic heterocycles. The quantitative estimate of drug-likeness (QED) is 0.101. The molecule has 13 heteroatoms. The minimum absolute atomic E-state index is 0.195. The van der Waals surface area contributed by atoms with E-state index in [1.54, 1.807) is 55.6 Å². The van der Waals surface area contributed by atoms with E-state index >= 15 is 17.6 Å². The number of para-hydroxylation sites is 1. The molecular weight excluding hydrogens is 661 g/mol. The largest absolute Gasteiger partial charge is 0.481 e. The van der Waals surface area contributed by atoms with Crippen molar-refractivity contribution >= 4 is 56.8 Å². The molecule has 6 rings (SSSR count). The summed E-state index contributed by atoms with van der Waals surface area (Å²) in [6.45, 7) is 4.19. The van der Waals surface area contributed by atoms with E-state index in [1.807, 2.05) is 12.1 Å². The van der Waals surface area contributed by atoms with Crippen LogP contribution in [0.5, 0.6) is 5.75 Å². The third kappa shape index (κ3) is 5.61. The molecule has 0 radical (unpaired) electrons. The monoisotopic (exact) mass is 685 g/mol. The predicted molar refractivity (Wildman–Crippen MR) is 173 cm³/mol. The second kappa shape index (κ2) is 11.9. The number of amides is 1. The zero-order valence-electron chi connectivity index (χ0n) is 25.0. The van der Waals surface area contributed by atoms with Gasteiger partial charge in [-0.15, -0.1) is 22.7 Å². The topological polar surface area (TPSA) is 63.6 Å². The molecule has 1 aliphatic carbocycles. The predicted octanol–water partition coefficient (Wildman–Crippen LogP) is 9.31. The molecule has 5 aromatic rings. The van der Waals surface area contributed by atoms with Crippen LogP contribution in [0, 0.1) is 20.8 Å². The van der Waals surface area contributed by atoms with Gasteiger partial charge in [0.1, 0.15) is 11.3 Å². The lowest BCUT2D eigenvalue weighted by Crippen LogP contribution is -2.48. The van der Waals surface area contributed by atoms with Gasteiger partial charge in [-0.1, -0.05) is 42.5 Å². The Morgan fingerprint density at radius 1 is 0.872 bits per heavy atom. The molecule has 0 saturated heterocycles. The number of hydrogen-bond acceptors (Lipinski definition) is 6. The number of halogens is 6. The first-order valence-electron chi connectivity index (χ1n) is 14.2. The van der Waals surface area contributed by atoms with Crippen LogP contribution in [0.2, 0.25) is 0 Å². The molecule has 2 aromatic carbocycles. The van der Waals surface area contributed by atoms with Gasteiger partial charge in [0.05, 0.1) is 6.21 Å². The lowest BCUT2D eigenvalue weighted by atomic mass is 9.95. The zero-order valence-corrected chi connectivity index (χ0v) is 26.6. The number of fused-ring (bicyclic) bond motifs is 1. The Morgan fingerprint density at radius 3 is 2.17 bits per heavy atom. The Bertz CT molecular complexity index is 2060. The summed E-state index contributed by atoms with van der Waals surface area (Å²) in [7, 11) is 0. The number of pyridine rings is 1. The van der Waals surface area contributed by atoms with E-state index in [0.717, 1.165) is 28.1 Å². The van der Waals surface area contributed by atoms with Crippen molar-refractivity contribution in [3.05, 3.63) is 104 Å². The van der Waals surface area contributed by atoms with Crippen molar-refractivity contribution in [2.45, 2.75) is 38.5 Å². The first-order valence-corrected chi connectivity index (χ1v) is 15.8. The molecule has 3 aromatic heterocycles. The normalized spacial score (nSPS) is 16.7. The maximum atomic E-state index is 15.3. The van der Waals surface area contributed by atoms with Crippen molar-refractivity contribution in [3.63, 3.8) is 0 Å². The fraction of sp³-hybridized carbons (Fsp3) is 0.206. The molecule has 0 bridgehead atoms. The Kier molecular flexibility index (Phi) is 8.25. The molecule has 0 saturated carbocycles. The molecule has 0 unspecified atom stereocenters. The van der Waals surface area contributed by atoms with Crippen molar-refractivity contribution < 1.29 is 35.9 Å². The number of thiophene rings is 2. The van der Waals surface area contributed by atoms with E-state index in [4.69, 9.17) is 4.74 Å². The van der Waals surface area contributed by atoms with Crippen molar-refractivity contribution in [1.29, 1.82) is 0 Å². The number of hydrazone groups is 1. The summed E-state index contributed by atoms with van der Waals surface area (Å²) < 4.78 is 96.2. The standard InChI is InChI=1S/C34H25F6N3O2S2/c1-18-14-24(19(2)46-18)29-30(33(37,38)34(39,40)32(29,35)36)25-15-27(47-20(25)3)22-11-9-21(10-12-22)16-42-43-28(44)17-45-26-8-4-6-23-7-5-13-41-31(23)26/h4-16H,17H2,1-3H3,(H,43,44)/b42-16+. The van der Waals surface area contributed by atoms with E-state index in [0.29, 0.717) is 32.1 Å². The number of rotatable bonds is 8. The second-order valence-electron chi connectivity index (χ2n) is 10.9. The van der Waals surface area contributed by atoms with Crippen LogP contribution in [0.4, 0.5) is 26.3 Å². The molecule has 0 fully saturated rings. The number of nitrogens with one attached hydrogen (secondary N) is 1. The van der Waals surface area contributed by atoms with Crippen LogP contribution in [0.15, 0.2) is 78.0 Å². The van der Waals surface area contributed by atoms with Gasteiger partial charge in [-0.25, -0.2) is 5.43 Å². The third-order valence-electron chi connectivity index (χ3n) is 7.72. The van der Waals surface area contributed by atoms with Crippen molar-refractivity contribution in [3.8, 4) is 16.2 Å². The summed E-state index contributed by atoms with van der Waals surface area (Å²) in [5.41, 5.74) is 0.782. The highest BCUT2D eigenvalue weighted by Gasteiger charge is 2.80. The number of carbonyl (C=O) groups excluding carboxylic acids is 1. The van der Waals surface area contributed by atoms with Crippen molar-refractivity contribution in [2.24, 2.45) is 5.10 Å². The van der Waals surface area contributed by atoms with E-state index in [9.17, 15) is 13.6 Å². The number of allylic oxidation sites excluding steroid dienone is 2. The van der Waals surface area contributed by atoms with E-state index in [-0.39, 0.29) is 27.5 Å². The van der Waals surface area contributed by atoms with Gasteiger partial charge < -0.3 is 4.74 Å². The summed E-state index contributed by atoms with van der Waals surface area (Å²) >= 11 is 2.10. The van der Waals surface area contributed by atoms with Crippen LogP contribution in [0.25, 0.3) is 32.5 Å². The number of aryl methyl sites for hydroxylation is 3. The molecule has 3 heterocycles. The first-order chi connectivity index (χ1) is 22.2. The number of nitrogens with zero attached hydrogens (tertiary/aromatic N) is 2. The minimum atomic E-state index is -5.61. The molecule has 1 N–H and O–H groups in total. The fourth-order valence-corrected chi connectivity index (χ4v) is 7.43. The number of ether oxygens (including phenoxy) is 1. The van der Waals surface area contributed by atoms with E-state index < -0.39 is 34.8 Å². The van der Waals surface area contributed by atoms with Gasteiger partial charge in [-0.3, -0.25) is 9.78 Å². The van der Waals surface area contributed by atoms with Crippen LogP contribution >= 0.6 is 22.7 Å². The van der Waals surface area contributed by atoms with Crippen LogP contribution < -0.4 is 10.2 Å². The van der Waals surface area contributed by atoms with Crippen molar-refractivity contribution in [2.75, 3.05) is 6.61 Å². The van der Waals surface area contributed by atoms with E-state index in [1.165, 1.54) is 32.2 Å². The number of carbonyl (C=O) groups is 1. The number of alkyl halides is 6. The summed E-state index contributed by atoms with van der Waals surface area (Å²) in [4.78, 5) is 17.9. The lowest BCUT2D eigenvalue weighted by molar-refractivity contribution is -0.254. The zero-order chi connectivity index (χ0) is 33.7. The molecule has 0 spiro atoms. The third-order valence-corrected chi connectivity index (χ3v) is 9.78. The van der Waals surface area contributed by atoms with Gasteiger partial charge in [-0.2, -0.15) is 31.4 Å². The molecule has 1 amide bonds. The first kappa shape index (κ1) is 32.5. The van der Waals surface area contributed by atoms with Gasteiger partial charge >= 0.3 is 17.8 Å². The number of aromatic nitrogens is 1. The summed E-state index contributed by atoms with van der Waals surface area (Å²) in [6.07, 6.45) is 3.01. The molecule has 0 atom stereocenters. The average Bonchev–Trinajstić information content (AvgIpc) is 3.60. The van der Waals surface area contributed by atoms with Gasteiger partial charge in [0, 0.05) is 42.2 Å². The average molecular weight is 686 g/mol. The molecular formula is C34H25F6N3O2S2. The Labute approximate surface area is 273 Å². The van der Waals surface area contributed by atoms with Gasteiger partial charge in [0.2, 0.25) is 0 Å². The number of benzene rings is 2. The van der Waals surface area contributed by atoms with Gasteiger partial charge in [0.15, 0.2) is 6.61 Å². The molecule has 1 aliphatic rings. The van der Waals surface area contributed by atoms with Gasteiger partial charge in [0.25, 0.3) is 5.91 Å². The van der Waals surface area contributed by atoms with E-state index in [2.05, 4.69) is 15.5 Å². The number of hydrogen-bond donors (Lipinski definition) is 1. The highest BCUT2D eigenvalue weighted by Crippen LogP contribution is 2.66. The maximum absolute atomic E-state index is 15.3. The van der Waals surface area contributed by atoms with Crippen LogP contribution in [0.1, 0.15) is 31.3 Å². The highest BCUT2D eigenvalue weighted by atomic mass is 32.1. The lowest BCUT2D eigenvalue weighted by Gasteiger charge is -2.25. The maximum Gasteiger partial charge on any atom is 0.380 e. The SMILES string of the molecule is Cc1cc(C2=C(c3cc(-c4ccc(/C=N/NC(=O)COc5cccc6cccnc56)cc4)sc3C)C(F)(F)C(F)(F)C2(F)F)c(C)s1. The second-order valence-corrected chi connectivity index (χ2v) is 13.6. The van der Waals surface area contributed by atoms with Crippen LogP contribution in [-0.2, 0) is 4.79 Å². The molecule has 242 valence electrons. The smallest absolute Gasteiger partial charge is 0.380 e.